The van der Waals surface area contributed by atoms with Gasteiger partial charge in [0.2, 0.25) is 5.88 Å². The molecule has 0 radical (unpaired) electrons. The van der Waals surface area contributed by atoms with Crippen LogP contribution in [0.1, 0.15) is 44.2 Å². The molecule has 1 aliphatic rings. The lowest BCUT2D eigenvalue weighted by molar-refractivity contribution is 0.173. The first-order valence-corrected chi connectivity index (χ1v) is 5.98. The molecule has 0 aromatic carbocycles. The van der Waals surface area contributed by atoms with Gasteiger partial charge in [0, 0.05) is 6.07 Å². The van der Waals surface area contributed by atoms with E-state index in [1.807, 2.05) is 0 Å². The van der Waals surface area contributed by atoms with Gasteiger partial charge in [-0.1, -0.05) is 12.8 Å². The highest BCUT2D eigenvalue weighted by atomic mass is 16.5. The first-order chi connectivity index (χ1) is 7.88. The minimum atomic E-state index is -0.0727. The fraction of sp³-hybridized carbons (Fsp3) is 0.667. The van der Waals surface area contributed by atoms with Crippen molar-refractivity contribution < 1.29 is 9.84 Å². The molecule has 16 heavy (non-hydrogen) atoms. The lowest BCUT2D eigenvalue weighted by atomic mass is 10.1. The van der Waals surface area contributed by atoms with E-state index >= 15 is 0 Å². The Kier molecular flexibility index (Phi) is 4.10. The maximum absolute atomic E-state index is 8.84. The van der Waals surface area contributed by atoms with Crippen molar-refractivity contribution in [3.05, 3.63) is 17.8 Å². The van der Waals surface area contributed by atoms with Crippen LogP contribution < -0.4 is 4.74 Å². The lowest BCUT2D eigenvalue weighted by Crippen LogP contribution is -2.16. The Hall–Kier alpha value is -1.16. The van der Waals surface area contributed by atoms with Crippen molar-refractivity contribution in [1.29, 1.82) is 0 Å². The minimum absolute atomic E-state index is 0.0727. The van der Waals surface area contributed by atoms with Gasteiger partial charge in [-0.3, -0.25) is 0 Å². The van der Waals surface area contributed by atoms with E-state index in [1.165, 1.54) is 25.7 Å². The first-order valence-electron chi connectivity index (χ1n) is 5.98. The van der Waals surface area contributed by atoms with E-state index in [0.29, 0.717) is 11.6 Å². The second kappa shape index (κ2) is 5.80. The van der Waals surface area contributed by atoms with Gasteiger partial charge in [0.25, 0.3) is 0 Å². The average molecular weight is 222 g/mol. The standard InChI is InChI=1S/C12H18N2O2/c15-9-10-7-8-12(14-13-10)16-11-5-3-1-2-4-6-11/h7-8,11,15H,1-6,9H2. The molecule has 1 aromatic rings. The molecule has 0 saturated heterocycles. The summed E-state index contributed by atoms with van der Waals surface area (Å²) in [5.74, 6) is 0.573. The summed E-state index contributed by atoms with van der Waals surface area (Å²) in [6.07, 6.45) is 7.63. The molecule has 0 amide bonds. The molecule has 4 heteroatoms. The largest absolute Gasteiger partial charge is 0.473 e. The number of rotatable bonds is 3. The van der Waals surface area contributed by atoms with E-state index in [2.05, 4.69) is 10.2 Å². The first kappa shape index (κ1) is 11.3. The third-order valence-corrected chi connectivity index (χ3v) is 2.95. The van der Waals surface area contributed by atoms with Gasteiger partial charge in [0.1, 0.15) is 6.10 Å². The number of hydrogen-bond donors (Lipinski definition) is 1. The van der Waals surface area contributed by atoms with Crippen LogP contribution in [0.25, 0.3) is 0 Å². The fourth-order valence-corrected chi connectivity index (χ4v) is 2.03. The van der Waals surface area contributed by atoms with Crippen LogP contribution in [-0.4, -0.2) is 21.4 Å². The Morgan fingerprint density at radius 1 is 1.12 bits per heavy atom. The molecule has 1 saturated carbocycles. The number of nitrogens with zero attached hydrogens (tertiary/aromatic N) is 2. The summed E-state index contributed by atoms with van der Waals surface area (Å²) in [6.45, 7) is -0.0727. The number of aromatic nitrogens is 2. The predicted octanol–water partition coefficient (Wildman–Crippen LogP) is 2.07. The summed E-state index contributed by atoms with van der Waals surface area (Å²) in [5, 5.41) is 16.6. The van der Waals surface area contributed by atoms with Crippen molar-refractivity contribution in [2.24, 2.45) is 0 Å². The van der Waals surface area contributed by atoms with E-state index < -0.39 is 0 Å². The second-order valence-electron chi connectivity index (χ2n) is 4.25. The van der Waals surface area contributed by atoms with E-state index in [4.69, 9.17) is 9.84 Å². The van der Waals surface area contributed by atoms with Crippen LogP contribution in [0.15, 0.2) is 12.1 Å². The highest BCUT2D eigenvalue weighted by Gasteiger charge is 2.14. The van der Waals surface area contributed by atoms with E-state index in [0.717, 1.165) is 12.8 Å². The van der Waals surface area contributed by atoms with Gasteiger partial charge in [0.15, 0.2) is 0 Å². The van der Waals surface area contributed by atoms with Crippen LogP contribution in [0.3, 0.4) is 0 Å². The van der Waals surface area contributed by atoms with E-state index in [1.54, 1.807) is 12.1 Å². The predicted molar refractivity (Wildman–Crippen MR) is 60.1 cm³/mol. The van der Waals surface area contributed by atoms with Crippen LogP contribution in [0.4, 0.5) is 0 Å². The zero-order valence-corrected chi connectivity index (χ0v) is 9.43. The number of aliphatic hydroxyl groups is 1. The monoisotopic (exact) mass is 222 g/mol. The van der Waals surface area contributed by atoms with Crippen LogP contribution in [-0.2, 0) is 6.61 Å². The highest BCUT2D eigenvalue weighted by Crippen LogP contribution is 2.21. The van der Waals surface area contributed by atoms with Crippen LogP contribution in [0, 0.1) is 0 Å². The Bertz CT molecular complexity index is 305. The van der Waals surface area contributed by atoms with Crippen molar-refractivity contribution >= 4 is 0 Å². The molecule has 0 aliphatic heterocycles. The molecule has 1 fully saturated rings. The Labute approximate surface area is 95.7 Å². The summed E-state index contributed by atoms with van der Waals surface area (Å²) >= 11 is 0. The summed E-state index contributed by atoms with van der Waals surface area (Å²) in [7, 11) is 0. The zero-order chi connectivity index (χ0) is 11.2. The van der Waals surface area contributed by atoms with Gasteiger partial charge in [-0.2, -0.15) is 0 Å². The number of ether oxygens (including phenoxy) is 1. The van der Waals surface area contributed by atoms with Crippen molar-refractivity contribution in [3.8, 4) is 5.88 Å². The van der Waals surface area contributed by atoms with Crippen molar-refractivity contribution in [1.82, 2.24) is 10.2 Å². The van der Waals surface area contributed by atoms with Crippen molar-refractivity contribution in [2.75, 3.05) is 0 Å². The molecular weight excluding hydrogens is 204 g/mol. The molecule has 0 atom stereocenters. The van der Waals surface area contributed by atoms with Crippen molar-refractivity contribution in [3.63, 3.8) is 0 Å². The van der Waals surface area contributed by atoms with Crippen LogP contribution in [0.2, 0.25) is 0 Å². The molecule has 1 aliphatic carbocycles. The summed E-state index contributed by atoms with van der Waals surface area (Å²) in [4.78, 5) is 0. The van der Waals surface area contributed by atoms with Crippen LogP contribution in [0.5, 0.6) is 5.88 Å². The molecule has 1 heterocycles. The Morgan fingerprint density at radius 3 is 2.44 bits per heavy atom. The Balaban J connectivity index is 1.91. The normalized spacial score (nSPS) is 18.1. The smallest absolute Gasteiger partial charge is 0.233 e. The van der Waals surface area contributed by atoms with Gasteiger partial charge in [-0.25, -0.2) is 0 Å². The molecular formula is C12H18N2O2. The molecule has 0 bridgehead atoms. The van der Waals surface area contributed by atoms with Crippen LogP contribution >= 0.6 is 0 Å². The SMILES string of the molecule is OCc1ccc(OC2CCCCCC2)nn1. The second-order valence-corrected chi connectivity index (χ2v) is 4.25. The molecule has 0 spiro atoms. The molecule has 2 rings (SSSR count). The van der Waals surface area contributed by atoms with E-state index in [9.17, 15) is 0 Å². The third kappa shape index (κ3) is 3.17. The van der Waals surface area contributed by atoms with Gasteiger partial charge < -0.3 is 9.84 Å². The average Bonchev–Trinajstić information content (AvgIpc) is 2.59. The molecule has 1 aromatic heterocycles. The van der Waals surface area contributed by atoms with Crippen molar-refractivity contribution in [2.45, 2.75) is 51.2 Å². The fourth-order valence-electron chi connectivity index (χ4n) is 2.03. The molecule has 1 N–H and O–H groups in total. The lowest BCUT2D eigenvalue weighted by Gasteiger charge is -2.15. The van der Waals surface area contributed by atoms with Gasteiger partial charge in [-0.15, -0.1) is 10.2 Å². The topological polar surface area (TPSA) is 55.2 Å². The summed E-state index contributed by atoms with van der Waals surface area (Å²) in [6, 6.07) is 3.53. The zero-order valence-electron chi connectivity index (χ0n) is 9.43. The van der Waals surface area contributed by atoms with E-state index in [-0.39, 0.29) is 12.7 Å². The van der Waals surface area contributed by atoms with Gasteiger partial charge in [0.05, 0.1) is 12.3 Å². The molecule has 4 nitrogen and oxygen atoms in total. The number of aliphatic hydroxyl groups excluding tert-OH is 1. The third-order valence-electron chi connectivity index (χ3n) is 2.95. The minimum Gasteiger partial charge on any atom is -0.473 e. The molecule has 88 valence electrons. The Morgan fingerprint density at radius 2 is 1.88 bits per heavy atom. The molecule has 0 unspecified atom stereocenters. The summed E-state index contributed by atoms with van der Waals surface area (Å²) < 4.78 is 5.78. The maximum atomic E-state index is 8.84. The quantitative estimate of drug-likeness (QED) is 0.795. The highest BCUT2D eigenvalue weighted by molar-refractivity contribution is 5.11. The van der Waals surface area contributed by atoms with Gasteiger partial charge in [-0.05, 0) is 31.7 Å². The number of hydrogen-bond acceptors (Lipinski definition) is 4. The van der Waals surface area contributed by atoms with Gasteiger partial charge >= 0.3 is 0 Å². The maximum Gasteiger partial charge on any atom is 0.233 e. The summed E-state index contributed by atoms with van der Waals surface area (Å²) in [5.41, 5.74) is 0.577.